The highest BCUT2D eigenvalue weighted by molar-refractivity contribution is 5.57. The second-order valence-electron chi connectivity index (χ2n) is 4.74. The highest BCUT2D eigenvalue weighted by Crippen LogP contribution is 2.23. The molecule has 0 saturated heterocycles. The molecule has 1 aliphatic rings. The van der Waals surface area contributed by atoms with E-state index in [0.717, 1.165) is 17.1 Å². The monoisotopic (exact) mass is 274 g/mol. The number of nitrogens with zero attached hydrogens (tertiary/aromatic N) is 4. The first-order valence-corrected chi connectivity index (χ1v) is 6.39. The molecule has 0 aliphatic carbocycles. The molecule has 0 amide bonds. The lowest BCUT2D eigenvalue weighted by Gasteiger charge is -2.15. The van der Waals surface area contributed by atoms with Gasteiger partial charge in [-0.2, -0.15) is 5.10 Å². The average Bonchev–Trinajstić information content (AvgIpc) is 2.90. The van der Waals surface area contributed by atoms with Crippen molar-refractivity contribution in [2.24, 2.45) is 0 Å². The first-order valence-electron chi connectivity index (χ1n) is 6.39. The van der Waals surface area contributed by atoms with Crippen LogP contribution in [0.15, 0.2) is 24.3 Å². The molecule has 104 valence electrons. The van der Waals surface area contributed by atoms with Crippen molar-refractivity contribution >= 4 is 0 Å². The second-order valence-corrected chi connectivity index (χ2v) is 4.74. The number of rotatable bonds is 3. The van der Waals surface area contributed by atoms with Crippen molar-refractivity contribution < 1.29 is 9.66 Å². The predicted octanol–water partition coefficient (Wildman–Crippen LogP) is 1.55. The largest absolute Gasteiger partial charge is 0.497 e. The Morgan fingerprint density at radius 3 is 3.10 bits per heavy atom. The topological polar surface area (TPSA) is 83.1 Å². The fourth-order valence-corrected chi connectivity index (χ4v) is 2.35. The first-order chi connectivity index (χ1) is 9.67. The first kappa shape index (κ1) is 12.6. The SMILES string of the molecule is COc1cccc(-c2nc3n(n2)CC([N+](=O)[O-])CC3)c1. The van der Waals surface area contributed by atoms with Gasteiger partial charge in [0, 0.05) is 23.3 Å². The maximum atomic E-state index is 10.9. The van der Waals surface area contributed by atoms with Crippen LogP contribution in [0.1, 0.15) is 12.2 Å². The zero-order valence-corrected chi connectivity index (χ0v) is 11.0. The summed E-state index contributed by atoms with van der Waals surface area (Å²) >= 11 is 0. The van der Waals surface area contributed by atoms with E-state index in [4.69, 9.17) is 4.74 Å². The number of nitro groups is 1. The molecule has 0 N–H and O–H groups in total. The number of aromatic nitrogens is 3. The Bertz CT molecular complexity index is 653. The van der Waals surface area contributed by atoms with E-state index in [0.29, 0.717) is 25.2 Å². The number of benzene rings is 1. The van der Waals surface area contributed by atoms with Crippen molar-refractivity contribution in [2.75, 3.05) is 7.11 Å². The van der Waals surface area contributed by atoms with Gasteiger partial charge in [0.25, 0.3) is 0 Å². The van der Waals surface area contributed by atoms with Crippen LogP contribution in [0.2, 0.25) is 0 Å². The van der Waals surface area contributed by atoms with E-state index in [9.17, 15) is 10.1 Å². The van der Waals surface area contributed by atoms with Crippen LogP contribution in [0.4, 0.5) is 0 Å². The Labute approximate surface area is 115 Å². The van der Waals surface area contributed by atoms with Crippen LogP contribution >= 0.6 is 0 Å². The minimum absolute atomic E-state index is 0.240. The number of ether oxygens (including phenoxy) is 1. The zero-order valence-electron chi connectivity index (χ0n) is 11.0. The summed E-state index contributed by atoms with van der Waals surface area (Å²) in [6.07, 6.45) is 1.10. The van der Waals surface area contributed by atoms with Crippen molar-refractivity contribution in [3.8, 4) is 17.1 Å². The Balaban J connectivity index is 1.92. The summed E-state index contributed by atoms with van der Waals surface area (Å²) in [4.78, 5) is 15.1. The molecule has 2 aromatic rings. The third-order valence-electron chi connectivity index (χ3n) is 3.46. The molecular weight excluding hydrogens is 260 g/mol. The molecule has 0 bridgehead atoms. The van der Waals surface area contributed by atoms with Gasteiger partial charge >= 0.3 is 0 Å². The van der Waals surface area contributed by atoms with E-state index in [1.54, 1.807) is 11.8 Å². The molecule has 0 spiro atoms. The summed E-state index contributed by atoms with van der Waals surface area (Å²) in [5.41, 5.74) is 0.851. The quantitative estimate of drug-likeness (QED) is 0.626. The molecule has 0 saturated carbocycles. The van der Waals surface area contributed by atoms with Crippen molar-refractivity contribution in [3.63, 3.8) is 0 Å². The average molecular weight is 274 g/mol. The van der Waals surface area contributed by atoms with Crippen LogP contribution in [0.3, 0.4) is 0 Å². The van der Waals surface area contributed by atoms with Crippen molar-refractivity contribution in [1.82, 2.24) is 14.8 Å². The van der Waals surface area contributed by atoms with Crippen LogP contribution in [0.25, 0.3) is 11.4 Å². The van der Waals surface area contributed by atoms with Crippen LogP contribution in [0.5, 0.6) is 5.75 Å². The van der Waals surface area contributed by atoms with Gasteiger partial charge in [-0.25, -0.2) is 9.67 Å². The van der Waals surface area contributed by atoms with Gasteiger partial charge in [-0.3, -0.25) is 10.1 Å². The fourth-order valence-electron chi connectivity index (χ4n) is 2.35. The molecule has 20 heavy (non-hydrogen) atoms. The molecule has 1 aliphatic heterocycles. The van der Waals surface area contributed by atoms with E-state index in [1.165, 1.54) is 0 Å². The molecule has 0 radical (unpaired) electrons. The van der Waals surface area contributed by atoms with Gasteiger partial charge in [-0.15, -0.1) is 0 Å². The third kappa shape index (κ3) is 2.22. The van der Waals surface area contributed by atoms with Gasteiger partial charge in [0.15, 0.2) is 5.82 Å². The number of hydrogen-bond acceptors (Lipinski definition) is 5. The van der Waals surface area contributed by atoms with Crippen molar-refractivity contribution in [2.45, 2.75) is 25.4 Å². The van der Waals surface area contributed by atoms with Crippen LogP contribution < -0.4 is 4.74 Å². The van der Waals surface area contributed by atoms with Crippen LogP contribution in [0, 0.1) is 10.1 Å². The maximum Gasteiger partial charge on any atom is 0.232 e. The van der Waals surface area contributed by atoms with E-state index < -0.39 is 6.04 Å². The van der Waals surface area contributed by atoms with E-state index in [1.807, 2.05) is 24.3 Å². The van der Waals surface area contributed by atoms with Crippen LogP contribution in [-0.4, -0.2) is 32.8 Å². The Morgan fingerprint density at radius 2 is 2.35 bits per heavy atom. The summed E-state index contributed by atoms with van der Waals surface area (Å²) < 4.78 is 6.82. The van der Waals surface area contributed by atoms with Crippen molar-refractivity contribution in [1.29, 1.82) is 0 Å². The zero-order chi connectivity index (χ0) is 14.1. The standard InChI is InChI=1S/C13H14N4O3/c1-20-11-4-2-3-9(7-11)13-14-12-6-5-10(17(18)19)8-16(12)15-13/h2-4,7,10H,5-6,8H2,1H3. The molecule has 7 heteroatoms. The number of methoxy groups -OCH3 is 1. The lowest BCUT2D eigenvalue weighted by atomic mass is 10.1. The molecule has 7 nitrogen and oxygen atoms in total. The molecule has 1 atom stereocenters. The lowest BCUT2D eigenvalue weighted by molar-refractivity contribution is -0.527. The fraction of sp³-hybridized carbons (Fsp3) is 0.385. The Kier molecular flexibility index (Phi) is 3.09. The van der Waals surface area contributed by atoms with Gasteiger partial charge in [0.1, 0.15) is 18.1 Å². The molecule has 1 aromatic heterocycles. The summed E-state index contributed by atoms with van der Waals surface area (Å²) in [6, 6.07) is 6.90. The van der Waals surface area contributed by atoms with Gasteiger partial charge in [-0.05, 0) is 12.1 Å². The van der Waals surface area contributed by atoms with Crippen LogP contribution in [-0.2, 0) is 13.0 Å². The van der Waals surface area contributed by atoms with E-state index >= 15 is 0 Å². The molecule has 3 rings (SSSR count). The number of aryl methyl sites for hydroxylation is 1. The molecular formula is C13H14N4O3. The van der Waals surface area contributed by atoms with Gasteiger partial charge in [0.2, 0.25) is 6.04 Å². The minimum atomic E-state index is -0.567. The van der Waals surface area contributed by atoms with Gasteiger partial charge < -0.3 is 4.74 Å². The molecule has 1 aromatic carbocycles. The highest BCUT2D eigenvalue weighted by Gasteiger charge is 2.29. The minimum Gasteiger partial charge on any atom is -0.497 e. The molecule has 1 unspecified atom stereocenters. The summed E-state index contributed by atoms with van der Waals surface area (Å²) in [5.74, 6) is 2.13. The summed E-state index contributed by atoms with van der Waals surface area (Å²) in [6.45, 7) is 0.291. The molecule has 2 heterocycles. The van der Waals surface area contributed by atoms with Gasteiger partial charge in [-0.1, -0.05) is 12.1 Å². The highest BCUT2D eigenvalue weighted by atomic mass is 16.6. The predicted molar refractivity (Wildman–Crippen MR) is 71.1 cm³/mol. The molecule has 0 fully saturated rings. The van der Waals surface area contributed by atoms with E-state index in [2.05, 4.69) is 10.1 Å². The maximum absolute atomic E-state index is 10.9. The second kappa shape index (κ2) is 4.92. The smallest absolute Gasteiger partial charge is 0.232 e. The summed E-state index contributed by atoms with van der Waals surface area (Å²) in [7, 11) is 1.60. The van der Waals surface area contributed by atoms with E-state index in [-0.39, 0.29) is 4.92 Å². The van der Waals surface area contributed by atoms with Crippen molar-refractivity contribution in [3.05, 3.63) is 40.2 Å². The third-order valence-corrected chi connectivity index (χ3v) is 3.46. The van der Waals surface area contributed by atoms with Gasteiger partial charge in [0.05, 0.1) is 7.11 Å². The normalized spacial score (nSPS) is 17.6. The lowest BCUT2D eigenvalue weighted by Crippen LogP contribution is -2.31. The summed E-state index contributed by atoms with van der Waals surface area (Å²) in [5, 5.41) is 15.2. The Morgan fingerprint density at radius 1 is 1.50 bits per heavy atom. The Hall–Kier alpha value is -2.44. The number of fused-ring (bicyclic) bond motifs is 1. The number of hydrogen-bond donors (Lipinski definition) is 0.